The standard InChI is InChI=1S/C35H38F3N5O3/c1-22-11-15-25(16-12-22)31(39-20-23-13-14-23)26-8-6-9-27(18-26)41-32(44)29-19-30(35(36,37)38)42-43(29)28-10-5-7-24(17-28)21-40-33(45)46-34(2,3)4/h5-12,15-19,23,31,39H,13-14,20-21H2,1-4H3,(H,40,45)(H,41,44). The summed E-state index contributed by atoms with van der Waals surface area (Å²) in [6.45, 7) is 8.15. The molecule has 0 bridgehead atoms. The Bertz CT molecular complexity index is 1690. The molecule has 3 aromatic carbocycles. The third kappa shape index (κ3) is 8.75. The van der Waals surface area contributed by atoms with Crippen molar-refractivity contribution in [3.8, 4) is 5.69 Å². The summed E-state index contributed by atoms with van der Waals surface area (Å²) in [6, 6.07) is 22.5. The van der Waals surface area contributed by atoms with Crippen LogP contribution in [0.2, 0.25) is 0 Å². The zero-order chi connectivity index (χ0) is 33.1. The molecular weight excluding hydrogens is 595 g/mol. The van der Waals surface area contributed by atoms with E-state index in [0.717, 1.165) is 34.0 Å². The van der Waals surface area contributed by atoms with E-state index in [4.69, 9.17) is 4.74 Å². The van der Waals surface area contributed by atoms with Gasteiger partial charge in [0.05, 0.1) is 11.7 Å². The maximum absolute atomic E-state index is 13.8. The quantitative estimate of drug-likeness (QED) is 0.167. The molecule has 5 rings (SSSR count). The first-order valence-electron chi connectivity index (χ1n) is 15.2. The molecule has 0 saturated heterocycles. The largest absolute Gasteiger partial charge is 0.444 e. The average molecular weight is 634 g/mol. The van der Waals surface area contributed by atoms with Crippen molar-refractivity contribution in [2.75, 3.05) is 11.9 Å². The van der Waals surface area contributed by atoms with E-state index < -0.39 is 29.5 Å². The van der Waals surface area contributed by atoms with Crippen LogP contribution in [0, 0.1) is 12.8 Å². The highest BCUT2D eigenvalue weighted by atomic mass is 19.4. The lowest BCUT2D eigenvalue weighted by molar-refractivity contribution is -0.141. The van der Waals surface area contributed by atoms with E-state index in [1.807, 2.05) is 25.1 Å². The van der Waals surface area contributed by atoms with Crippen LogP contribution in [0.25, 0.3) is 5.69 Å². The van der Waals surface area contributed by atoms with E-state index in [1.165, 1.54) is 12.8 Å². The van der Waals surface area contributed by atoms with Gasteiger partial charge in [-0.2, -0.15) is 18.3 Å². The molecule has 1 atom stereocenters. The molecule has 2 amide bonds. The number of alkyl halides is 3. The van der Waals surface area contributed by atoms with Crippen LogP contribution in [0.3, 0.4) is 0 Å². The van der Waals surface area contributed by atoms with E-state index in [1.54, 1.807) is 51.1 Å². The summed E-state index contributed by atoms with van der Waals surface area (Å²) in [7, 11) is 0. The van der Waals surface area contributed by atoms with Crippen molar-refractivity contribution >= 4 is 17.7 Å². The molecule has 1 heterocycles. The van der Waals surface area contributed by atoms with Gasteiger partial charge in [0.1, 0.15) is 11.3 Å². The first kappa shape index (κ1) is 32.7. The summed E-state index contributed by atoms with van der Waals surface area (Å²) in [5.74, 6) is -0.110. The number of anilines is 1. The van der Waals surface area contributed by atoms with E-state index >= 15 is 0 Å². The molecule has 1 saturated carbocycles. The number of halogens is 3. The second-order valence-electron chi connectivity index (χ2n) is 12.6. The molecule has 3 N–H and O–H groups in total. The van der Waals surface area contributed by atoms with E-state index in [-0.39, 0.29) is 24.0 Å². The van der Waals surface area contributed by atoms with Crippen molar-refractivity contribution in [1.29, 1.82) is 0 Å². The SMILES string of the molecule is Cc1ccc(C(NCC2CC2)c2cccc(NC(=O)c3cc(C(F)(F)F)nn3-c3cccc(CNC(=O)OC(C)(C)C)c3)c2)cc1. The van der Waals surface area contributed by atoms with Gasteiger partial charge >= 0.3 is 12.3 Å². The van der Waals surface area contributed by atoms with Gasteiger partial charge in [0.15, 0.2) is 5.69 Å². The number of carbonyl (C=O) groups is 2. The number of nitrogens with zero attached hydrogens (tertiary/aromatic N) is 2. The Morgan fingerprint density at radius 2 is 1.67 bits per heavy atom. The minimum Gasteiger partial charge on any atom is -0.444 e. The molecule has 0 spiro atoms. The van der Waals surface area contributed by atoms with Gasteiger partial charge in [-0.25, -0.2) is 9.48 Å². The summed E-state index contributed by atoms with van der Waals surface area (Å²) in [4.78, 5) is 25.7. The minimum atomic E-state index is -4.77. The topological polar surface area (TPSA) is 97.3 Å². The summed E-state index contributed by atoms with van der Waals surface area (Å²) in [5, 5.41) is 12.8. The molecule has 8 nitrogen and oxygen atoms in total. The van der Waals surface area contributed by atoms with Crippen molar-refractivity contribution in [3.63, 3.8) is 0 Å². The zero-order valence-corrected chi connectivity index (χ0v) is 26.2. The van der Waals surface area contributed by atoms with Crippen LogP contribution < -0.4 is 16.0 Å². The van der Waals surface area contributed by atoms with Gasteiger partial charge in [-0.15, -0.1) is 0 Å². The highest BCUT2D eigenvalue weighted by molar-refractivity contribution is 6.03. The second-order valence-corrected chi connectivity index (χ2v) is 12.6. The Hall–Kier alpha value is -4.64. The summed E-state index contributed by atoms with van der Waals surface area (Å²) >= 11 is 0. The average Bonchev–Trinajstić information content (AvgIpc) is 3.69. The van der Waals surface area contributed by atoms with Crippen molar-refractivity contribution in [2.24, 2.45) is 5.92 Å². The smallest absolute Gasteiger partial charge is 0.435 e. The number of carbonyl (C=O) groups excluding carboxylic acids is 2. The molecule has 11 heteroatoms. The monoisotopic (exact) mass is 633 g/mol. The van der Waals surface area contributed by atoms with Crippen LogP contribution in [0.1, 0.15) is 78.1 Å². The maximum atomic E-state index is 13.8. The van der Waals surface area contributed by atoms with Gasteiger partial charge in [0, 0.05) is 18.3 Å². The lowest BCUT2D eigenvalue weighted by Crippen LogP contribution is -2.32. The molecule has 0 aliphatic heterocycles. The molecule has 0 radical (unpaired) electrons. The van der Waals surface area contributed by atoms with Gasteiger partial charge in [-0.05, 0) is 94.0 Å². The van der Waals surface area contributed by atoms with Crippen molar-refractivity contribution in [3.05, 3.63) is 113 Å². The predicted octanol–water partition coefficient (Wildman–Crippen LogP) is 7.57. The number of rotatable bonds is 10. The first-order chi connectivity index (χ1) is 21.7. The Morgan fingerprint density at radius 3 is 2.35 bits per heavy atom. The number of hydrogen-bond acceptors (Lipinski definition) is 5. The Balaban J connectivity index is 1.39. The van der Waals surface area contributed by atoms with Crippen molar-refractivity contribution in [1.82, 2.24) is 20.4 Å². The summed E-state index contributed by atoms with van der Waals surface area (Å²) in [6.07, 6.45) is -3.02. The Morgan fingerprint density at radius 1 is 0.957 bits per heavy atom. The zero-order valence-electron chi connectivity index (χ0n) is 26.2. The number of ether oxygens (including phenoxy) is 1. The van der Waals surface area contributed by atoms with Crippen LogP contribution in [-0.2, 0) is 17.5 Å². The van der Waals surface area contributed by atoms with Crippen LogP contribution >= 0.6 is 0 Å². The fraction of sp³-hybridized carbons (Fsp3) is 0.343. The third-order valence-electron chi connectivity index (χ3n) is 7.42. The van der Waals surface area contributed by atoms with Gasteiger partial charge in [-0.3, -0.25) is 4.79 Å². The predicted molar refractivity (Wildman–Crippen MR) is 170 cm³/mol. The van der Waals surface area contributed by atoms with E-state index in [0.29, 0.717) is 17.2 Å². The second kappa shape index (κ2) is 13.4. The normalized spacial score (nSPS) is 14.1. The molecule has 1 aromatic heterocycles. The highest BCUT2D eigenvalue weighted by Crippen LogP contribution is 2.32. The number of amides is 2. The molecule has 1 aliphatic rings. The van der Waals surface area contributed by atoms with Crippen LogP contribution in [-0.4, -0.2) is 33.9 Å². The lowest BCUT2D eigenvalue weighted by atomic mass is 9.97. The lowest BCUT2D eigenvalue weighted by Gasteiger charge is -2.21. The number of nitrogens with one attached hydrogen (secondary N) is 3. The molecule has 4 aromatic rings. The minimum absolute atomic E-state index is 0.0569. The number of aromatic nitrogens is 2. The number of aryl methyl sites for hydroxylation is 1. The van der Waals surface area contributed by atoms with Crippen molar-refractivity contribution < 1.29 is 27.5 Å². The fourth-order valence-electron chi connectivity index (χ4n) is 4.95. The Labute approximate surface area is 266 Å². The fourth-order valence-corrected chi connectivity index (χ4v) is 4.95. The Kier molecular flexibility index (Phi) is 9.52. The number of benzene rings is 3. The maximum Gasteiger partial charge on any atom is 0.435 e. The third-order valence-corrected chi connectivity index (χ3v) is 7.42. The van der Waals surface area contributed by atoms with Crippen molar-refractivity contribution in [2.45, 2.75) is 64.9 Å². The molecule has 1 unspecified atom stereocenters. The molecule has 46 heavy (non-hydrogen) atoms. The first-order valence-corrected chi connectivity index (χ1v) is 15.2. The van der Waals surface area contributed by atoms with Crippen LogP contribution in [0.4, 0.5) is 23.7 Å². The van der Waals surface area contributed by atoms with E-state index in [9.17, 15) is 22.8 Å². The van der Waals surface area contributed by atoms with Gasteiger partial charge in [0.25, 0.3) is 5.91 Å². The summed E-state index contributed by atoms with van der Waals surface area (Å²) in [5.41, 5.74) is 2.18. The van der Waals surface area contributed by atoms with E-state index in [2.05, 4.69) is 45.3 Å². The van der Waals surface area contributed by atoms with Gasteiger partial charge in [-0.1, -0.05) is 54.1 Å². The summed E-state index contributed by atoms with van der Waals surface area (Å²) < 4.78 is 47.6. The molecule has 1 aliphatic carbocycles. The molecule has 242 valence electrons. The highest BCUT2D eigenvalue weighted by Gasteiger charge is 2.36. The number of hydrogen-bond donors (Lipinski definition) is 3. The molecule has 1 fully saturated rings. The van der Waals surface area contributed by atoms with Crippen LogP contribution in [0.15, 0.2) is 78.9 Å². The molecular formula is C35H38F3N5O3. The van der Waals surface area contributed by atoms with Gasteiger partial charge in [0.2, 0.25) is 0 Å². The van der Waals surface area contributed by atoms with Crippen LogP contribution in [0.5, 0.6) is 0 Å². The number of alkyl carbamates (subject to hydrolysis) is 1. The van der Waals surface area contributed by atoms with Gasteiger partial charge < -0.3 is 20.7 Å².